The van der Waals surface area contributed by atoms with Crippen molar-refractivity contribution in [2.45, 2.75) is 68.7 Å². The van der Waals surface area contributed by atoms with Gasteiger partial charge in [-0.05, 0) is 68.4 Å². The maximum absolute atomic E-state index is 14.7. The minimum absolute atomic E-state index is 0.0344. The van der Waals surface area contributed by atoms with E-state index in [1.165, 1.54) is 0 Å². The van der Waals surface area contributed by atoms with Crippen LogP contribution < -0.4 is 15.0 Å². The number of anilines is 1. The molecule has 11 heteroatoms. The molecule has 6 atom stereocenters. The maximum Gasteiger partial charge on any atom is 0.306 e. The van der Waals surface area contributed by atoms with Gasteiger partial charge < -0.3 is 34.4 Å². The van der Waals surface area contributed by atoms with Gasteiger partial charge >= 0.3 is 5.97 Å². The number of carbonyl (C=O) groups excluding carboxylic acids is 4. The van der Waals surface area contributed by atoms with Gasteiger partial charge in [-0.25, -0.2) is 0 Å². The van der Waals surface area contributed by atoms with Crippen molar-refractivity contribution in [3.05, 3.63) is 85.5 Å². The Hall–Kier alpha value is -4.48. The topological polar surface area (TPSA) is 135 Å². The van der Waals surface area contributed by atoms with E-state index in [-0.39, 0.29) is 50.4 Å². The van der Waals surface area contributed by atoms with E-state index < -0.39 is 41.6 Å². The third-order valence-corrected chi connectivity index (χ3v) is 9.84. The molecule has 0 saturated carbocycles. The zero-order chi connectivity index (χ0) is 35.0. The van der Waals surface area contributed by atoms with Crippen LogP contribution in [0.4, 0.5) is 5.69 Å². The molecule has 3 aliphatic rings. The molecule has 3 saturated heterocycles. The largest absolute Gasteiger partial charge is 0.497 e. The highest BCUT2D eigenvalue weighted by Crippen LogP contribution is 2.58. The number of nitrogens with zero attached hydrogens (tertiary/aromatic N) is 2. The van der Waals surface area contributed by atoms with Crippen molar-refractivity contribution in [3.63, 3.8) is 0 Å². The number of esters is 1. The Balaban J connectivity index is 1.44. The van der Waals surface area contributed by atoms with Crippen molar-refractivity contribution in [2.75, 3.05) is 38.3 Å². The summed E-state index contributed by atoms with van der Waals surface area (Å²) in [5, 5.41) is 12.4. The number of aliphatic hydroxyl groups excluding tert-OH is 1. The first kappa shape index (κ1) is 35.8. The summed E-state index contributed by atoms with van der Waals surface area (Å²) in [5.74, 6) is -2.44. The fourth-order valence-electron chi connectivity index (χ4n) is 7.55. The number of benzene rings is 2. The van der Waals surface area contributed by atoms with Crippen LogP contribution in [0.3, 0.4) is 0 Å². The zero-order valence-corrected chi connectivity index (χ0v) is 28.1. The van der Waals surface area contributed by atoms with E-state index in [0.29, 0.717) is 50.0 Å². The minimum Gasteiger partial charge on any atom is -0.497 e. The van der Waals surface area contributed by atoms with Crippen molar-refractivity contribution in [1.82, 2.24) is 10.2 Å². The van der Waals surface area contributed by atoms with Gasteiger partial charge in [0.15, 0.2) is 0 Å². The molecular formula is C38H47N3O8. The molecule has 11 nitrogen and oxygen atoms in total. The number of methoxy groups -OCH3 is 1. The van der Waals surface area contributed by atoms with Crippen molar-refractivity contribution >= 4 is 29.4 Å². The van der Waals surface area contributed by atoms with Crippen molar-refractivity contribution in [3.8, 4) is 5.75 Å². The van der Waals surface area contributed by atoms with Crippen LogP contribution in [0.5, 0.6) is 5.75 Å². The smallest absolute Gasteiger partial charge is 0.306 e. The number of unbranched alkanes of at least 4 members (excludes halogenated alkanes) is 2. The van der Waals surface area contributed by atoms with Crippen molar-refractivity contribution in [1.29, 1.82) is 0 Å². The Labute approximate surface area is 287 Å². The molecule has 5 rings (SSSR count). The van der Waals surface area contributed by atoms with Crippen LogP contribution in [0, 0.1) is 11.8 Å². The summed E-state index contributed by atoms with van der Waals surface area (Å²) in [5.41, 5.74) is 0.179. The normalized spacial score (nSPS) is 24.2. The number of allylic oxidation sites excluding steroid dienone is 1. The lowest BCUT2D eigenvalue weighted by Gasteiger charge is -2.37. The molecular weight excluding hydrogens is 626 g/mol. The molecule has 3 heterocycles. The van der Waals surface area contributed by atoms with Crippen LogP contribution in [0.1, 0.15) is 56.6 Å². The molecule has 3 fully saturated rings. The highest BCUT2D eigenvalue weighted by atomic mass is 16.5. The second-order valence-electron chi connectivity index (χ2n) is 12.8. The minimum atomic E-state index is -1.19. The van der Waals surface area contributed by atoms with Gasteiger partial charge in [-0.15, -0.1) is 13.2 Å². The van der Waals surface area contributed by atoms with E-state index >= 15 is 0 Å². The number of likely N-dealkylation sites (tertiary alicyclic amines) is 1. The quantitative estimate of drug-likeness (QED) is 0.137. The number of ether oxygens (including phenoxy) is 3. The van der Waals surface area contributed by atoms with Gasteiger partial charge in [0.1, 0.15) is 24.0 Å². The number of fused-ring (bicyclic) bond motifs is 1. The summed E-state index contributed by atoms with van der Waals surface area (Å²) in [6, 6.07) is 14.7. The SMILES string of the molecule is C=CCCC(=O)OC[C@H](NC(=O)[C@@H]1[C@H]2C(=O)N(CCCCCO)[C@H](C(=O)N(CC=C)c3ccc(OC)cc3)[C@]23CC[C@H]1O3)c1ccccc1. The van der Waals surface area contributed by atoms with Crippen LogP contribution in [-0.4, -0.2) is 84.9 Å². The molecule has 0 unspecified atom stereocenters. The summed E-state index contributed by atoms with van der Waals surface area (Å²) in [6.07, 6.45) is 6.18. The lowest BCUT2D eigenvalue weighted by Crippen LogP contribution is -2.56. The van der Waals surface area contributed by atoms with Gasteiger partial charge in [0, 0.05) is 31.8 Å². The first-order valence-corrected chi connectivity index (χ1v) is 17.1. The third-order valence-electron chi connectivity index (χ3n) is 9.84. The molecule has 0 radical (unpaired) electrons. The molecule has 2 N–H and O–H groups in total. The lowest BCUT2D eigenvalue weighted by molar-refractivity contribution is -0.146. The Morgan fingerprint density at radius 2 is 1.86 bits per heavy atom. The third kappa shape index (κ3) is 7.43. The van der Waals surface area contributed by atoms with E-state index in [2.05, 4.69) is 18.5 Å². The van der Waals surface area contributed by atoms with Crippen LogP contribution in [0.15, 0.2) is 79.9 Å². The van der Waals surface area contributed by atoms with E-state index in [1.807, 2.05) is 30.3 Å². The molecule has 2 aromatic rings. The van der Waals surface area contributed by atoms with Crippen molar-refractivity contribution in [2.24, 2.45) is 11.8 Å². The number of rotatable bonds is 18. The van der Waals surface area contributed by atoms with Crippen LogP contribution in [-0.2, 0) is 28.7 Å². The Morgan fingerprint density at radius 3 is 2.53 bits per heavy atom. The zero-order valence-electron chi connectivity index (χ0n) is 28.1. The van der Waals surface area contributed by atoms with Crippen molar-refractivity contribution < 1.29 is 38.5 Å². The average molecular weight is 674 g/mol. The van der Waals surface area contributed by atoms with E-state index in [0.717, 1.165) is 5.56 Å². The van der Waals surface area contributed by atoms with Gasteiger partial charge in [-0.3, -0.25) is 19.2 Å². The molecule has 0 aliphatic carbocycles. The second-order valence-corrected chi connectivity index (χ2v) is 12.8. The Bertz CT molecular complexity index is 1500. The number of nitrogens with one attached hydrogen (secondary N) is 1. The molecule has 0 aromatic heterocycles. The van der Waals surface area contributed by atoms with Gasteiger partial charge in [0.2, 0.25) is 11.8 Å². The predicted molar refractivity (Wildman–Crippen MR) is 184 cm³/mol. The maximum atomic E-state index is 14.7. The highest BCUT2D eigenvalue weighted by Gasteiger charge is 2.74. The first-order valence-electron chi connectivity index (χ1n) is 17.1. The molecule has 1 spiro atoms. The molecule has 262 valence electrons. The summed E-state index contributed by atoms with van der Waals surface area (Å²) in [4.78, 5) is 59.0. The van der Waals surface area contributed by atoms with Crippen LogP contribution in [0.2, 0.25) is 0 Å². The summed E-state index contributed by atoms with van der Waals surface area (Å²) < 4.78 is 17.5. The van der Waals surface area contributed by atoms with E-state index in [4.69, 9.17) is 14.2 Å². The number of hydrogen-bond donors (Lipinski definition) is 2. The highest BCUT2D eigenvalue weighted by molar-refractivity contribution is 6.05. The average Bonchev–Trinajstić information content (AvgIpc) is 3.77. The Kier molecular flexibility index (Phi) is 11.9. The number of aliphatic hydroxyl groups is 1. The van der Waals surface area contributed by atoms with Crippen LogP contribution in [0.25, 0.3) is 0 Å². The number of carbonyl (C=O) groups is 4. The fourth-order valence-corrected chi connectivity index (χ4v) is 7.55. The number of amides is 3. The van der Waals surface area contributed by atoms with Gasteiger partial charge in [-0.2, -0.15) is 0 Å². The van der Waals surface area contributed by atoms with E-state index in [1.54, 1.807) is 53.3 Å². The molecule has 3 amide bonds. The van der Waals surface area contributed by atoms with Gasteiger partial charge in [0.05, 0.1) is 31.1 Å². The summed E-state index contributed by atoms with van der Waals surface area (Å²) >= 11 is 0. The van der Waals surface area contributed by atoms with E-state index in [9.17, 15) is 24.3 Å². The van der Waals surface area contributed by atoms with Gasteiger partial charge in [0.25, 0.3) is 5.91 Å². The molecule has 49 heavy (non-hydrogen) atoms. The summed E-state index contributed by atoms with van der Waals surface area (Å²) in [7, 11) is 1.57. The predicted octanol–water partition coefficient (Wildman–Crippen LogP) is 4.12. The number of hydrogen-bond acceptors (Lipinski definition) is 8. The standard InChI is InChI=1S/C38H47N3O8/c1-4-6-15-31(43)48-25-29(26-13-9-7-10-14-26)39-35(44)32-30-20-21-38(49-30)33(32)36(45)41(23-11-8-12-24-42)34(38)37(46)40(22-5-2)27-16-18-28(47-3)19-17-27/h4-5,7,9-10,13-14,16-19,29-30,32-34,42H,1-2,6,8,11-12,15,20-25H2,3H3,(H,39,44)/t29-,30+,32-,33-,34+,38-/m0/s1. The molecule has 3 aliphatic heterocycles. The molecule has 2 aromatic carbocycles. The summed E-state index contributed by atoms with van der Waals surface area (Å²) in [6.45, 7) is 7.96. The van der Waals surface area contributed by atoms with Crippen LogP contribution >= 0.6 is 0 Å². The Morgan fingerprint density at radius 1 is 1.10 bits per heavy atom. The second kappa shape index (κ2) is 16.3. The fraction of sp³-hybridized carbons (Fsp3) is 0.474. The van der Waals surface area contributed by atoms with Gasteiger partial charge in [-0.1, -0.05) is 42.5 Å². The molecule has 2 bridgehead atoms. The lowest BCUT2D eigenvalue weighted by atomic mass is 9.70. The first-order chi connectivity index (χ1) is 23.8. The monoisotopic (exact) mass is 673 g/mol.